The van der Waals surface area contributed by atoms with Crippen molar-refractivity contribution in [3.63, 3.8) is 0 Å². The molecule has 0 aliphatic carbocycles. The molecule has 0 unspecified atom stereocenters. The molecule has 3 aromatic heterocycles. The summed E-state index contributed by atoms with van der Waals surface area (Å²) in [5.41, 5.74) is -1.22. The van der Waals surface area contributed by atoms with Crippen molar-refractivity contribution in [2.75, 3.05) is 12.4 Å². The fraction of sp³-hybridized carbons (Fsp3) is 0.125. The number of hydrogen-bond acceptors (Lipinski definition) is 6. The number of rotatable bonds is 5. The lowest BCUT2D eigenvalue weighted by Gasteiger charge is -2.14. The van der Waals surface area contributed by atoms with Gasteiger partial charge in [0, 0.05) is 36.8 Å². The molecule has 1 N–H and O–H groups in total. The van der Waals surface area contributed by atoms with Crippen molar-refractivity contribution >= 4 is 17.6 Å². The van der Waals surface area contributed by atoms with Gasteiger partial charge in [0.15, 0.2) is 0 Å². The minimum atomic E-state index is -4.86. The number of aryl methyl sites for hydroxylation is 1. The number of pyridine rings is 2. The second-order valence-corrected chi connectivity index (χ2v) is 7.55. The van der Waals surface area contributed by atoms with E-state index in [1.54, 1.807) is 6.07 Å². The highest BCUT2D eigenvalue weighted by atomic mass is 19.4. The zero-order valence-corrected chi connectivity index (χ0v) is 18.8. The minimum absolute atomic E-state index is 0.0661. The summed E-state index contributed by atoms with van der Waals surface area (Å²) in [4.78, 5) is 32.8. The van der Waals surface area contributed by atoms with Crippen LogP contribution in [0.25, 0.3) is 22.5 Å². The van der Waals surface area contributed by atoms with Crippen molar-refractivity contribution in [2.24, 2.45) is 7.05 Å². The molecule has 184 valence electrons. The number of hydrogen-bond donors (Lipinski definition) is 1. The first kappa shape index (κ1) is 24.5. The van der Waals surface area contributed by atoms with Crippen LogP contribution in [0.15, 0.2) is 61.2 Å². The lowest BCUT2D eigenvalue weighted by Crippen LogP contribution is -2.16. The highest BCUT2D eigenvalue weighted by Gasteiger charge is 2.36. The second kappa shape index (κ2) is 9.56. The molecule has 0 aliphatic heterocycles. The number of esters is 1. The number of amides is 1. The summed E-state index contributed by atoms with van der Waals surface area (Å²) in [6.45, 7) is 0. The number of halogens is 4. The number of aromatic nitrogens is 4. The number of carbonyl (C=O) groups is 2. The maximum atomic E-state index is 14.6. The fourth-order valence-electron chi connectivity index (χ4n) is 3.47. The van der Waals surface area contributed by atoms with Gasteiger partial charge in [0.2, 0.25) is 0 Å². The summed E-state index contributed by atoms with van der Waals surface area (Å²) >= 11 is 0. The van der Waals surface area contributed by atoms with Gasteiger partial charge in [-0.05, 0) is 36.4 Å². The number of benzene rings is 1. The molecule has 0 bridgehead atoms. The van der Waals surface area contributed by atoms with Gasteiger partial charge in [-0.2, -0.15) is 18.3 Å². The van der Waals surface area contributed by atoms with E-state index in [1.807, 2.05) is 0 Å². The van der Waals surface area contributed by atoms with E-state index in [0.717, 1.165) is 6.07 Å². The smallest absolute Gasteiger partial charge is 0.417 e. The number of carbonyl (C=O) groups excluding carboxylic acids is 2. The second-order valence-electron chi connectivity index (χ2n) is 7.55. The van der Waals surface area contributed by atoms with Crippen molar-refractivity contribution in [3.05, 3.63) is 83.7 Å². The molecule has 36 heavy (non-hydrogen) atoms. The Bertz CT molecular complexity index is 1450. The molecule has 0 aliphatic rings. The summed E-state index contributed by atoms with van der Waals surface area (Å²) in [5.74, 6) is -2.94. The molecule has 8 nitrogen and oxygen atoms in total. The molecule has 0 saturated carbocycles. The Labute approximate surface area is 201 Å². The summed E-state index contributed by atoms with van der Waals surface area (Å²) in [5, 5.41) is 6.36. The van der Waals surface area contributed by atoms with Crippen LogP contribution in [0.2, 0.25) is 0 Å². The van der Waals surface area contributed by atoms with Gasteiger partial charge in [-0.1, -0.05) is 0 Å². The number of methoxy groups -OCH3 is 1. The van der Waals surface area contributed by atoms with Crippen LogP contribution in [-0.2, 0) is 18.0 Å². The molecule has 1 amide bonds. The van der Waals surface area contributed by atoms with Gasteiger partial charge in [0.25, 0.3) is 5.91 Å². The van der Waals surface area contributed by atoms with E-state index in [0.29, 0.717) is 11.3 Å². The lowest BCUT2D eigenvalue weighted by molar-refractivity contribution is -0.137. The predicted octanol–water partition coefficient (Wildman–Crippen LogP) is 4.74. The topological polar surface area (TPSA) is 99.0 Å². The Kier molecular flexibility index (Phi) is 6.51. The van der Waals surface area contributed by atoms with E-state index in [4.69, 9.17) is 4.74 Å². The number of ether oxygens (including phenoxy) is 1. The van der Waals surface area contributed by atoms with Crippen molar-refractivity contribution in [1.29, 1.82) is 0 Å². The van der Waals surface area contributed by atoms with Gasteiger partial charge in [-0.3, -0.25) is 19.4 Å². The van der Waals surface area contributed by atoms with E-state index < -0.39 is 40.6 Å². The van der Waals surface area contributed by atoms with Crippen LogP contribution >= 0.6 is 0 Å². The van der Waals surface area contributed by atoms with Crippen LogP contribution in [0.3, 0.4) is 0 Å². The van der Waals surface area contributed by atoms with Crippen LogP contribution in [-0.4, -0.2) is 38.7 Å². The molecule has 12 heteroatoms. The molecule has 0 fully saturated rings. The first-order valence-corrected chi connectivity index (χ1v) is 10.3. The summed E-state index contributed by atoms with van der Waals surface area (Å²) in [6, 6.07) is 6.93. The van der Waals surface area contributed by atoms with Crippen LogP contribution in [0.4, 0.5) is 23.2 Å². The van der Waals surface area contributed by atoms with Gasteiger partial charge < -0.3 is 10.1 Å². The average Bonchev–Trinajstić information content (AvgIpc) is 3.29. The molecule has 0 spiro atoms. The van der Waals surface area contributed by atoms with Gasteiger partial charge in [-0.15, -0.1) is 0 Å². The van der Waals surface area contributed by atoms with Crippen molar-refractivity contribution in [1.82, 2.24) is 19.7 Å². The van der Waals surface area contributed by atoms with E-state index in [9.17, 15) is 27.2 Å². The monoisotopic (exact) mass is 499 g/mol. The number of nitrogens with zero attached hydrogens (tertiary/aromatic N) is 4. The highest BCUT2D eigenvalue weighted by molar-refractivity contribution is 6.05. The normalized spacial score (nSPS) is 11.3. The minimum Gasteiger partial charge on any atom is -0.465 e. The number of alkyl halides is 3. The largest absolute Gasteiger partial charge is 0.465 e. The molecule has 4 aromatic rings. The Morgan fingerprint density at radius 2 is 1.78 bits per heavy atom. The Morgan fingerprint density at radius 3 is 2.39 bits per heavy atom. The van der Waals surface area contributed by atoms with E-state index in [-0.39, 0.29) is 23.0 Å². The summed E-state index contributed by atoms with van der Waals surface area (Å²) in [7, 11) is 2.75. The Hall–Kier alpha value is -4.61. The lowest BCUT2D eigenvalue weighted by atomic mass is 9.99. The molecular formula is C24H17F4N5O3. The molecule has 1 aromatic carbocycles. The first-order chi connectivity index (χ1) is 17.1. The van der Waals surface area contributed by atoms with Gasteiger partial charge in [0.1, 0.15) is 5.82 Å². The third kappa shape index (κ3) is 4.92. The van der Waals surface area contributed by atoms with Gasteiger partial charge in [-0.25, -0.2) is 9.18 Å². The van der Waals surface area contributed by atoms with E-state index >= 15 is 0 Å². The zero-order valence-electron chi connectivity index (χ0n) is 18.8. The van der Waals surface area contributed by atoms with E-state index in [2.05, 4.69) is 20.4 Å². The summed E-state index contributed by atoms with van der Waals surface area (Å²) in [6.07, 6.45) is 0.617. The average molecular weight is 499 g/mol. The van der Waals surface area contributed by atoms with E-state index in [1.165, 1.54) is 61.8 Å². The van der Waals surface area contributed by atoms with Crippen molar-refractivity contribution in [3.8, 4) is 22.5 Å². The highest BCUT2D eigenvalue weighted by Crippen LogP contribution is 2.38. The Balaban J connectivity index is 1.64. The number of anilines is 1. The van der Waals surface area contributed by atoms with Crippen molar-refractivity contribution in [2.45, 2.75) is 6.18 Å². The van der Waals surface area contributed by atoms with Gasteiger partial charge >= 0.3 is 12.1 Å². The van der Waals surface area contributed by atoms with Crippen molar-refractivity contribution < 1.29 is 31.9 Å². The molecular weight excluding hydrogens is 482 g/mol. The summed E-state index contributed by atoms with van der Waals surface area (Å²) < 4.78 is 61.3. The first-order valence-electron chi connectivity index (χ1n) is 10.3. The molecule has 0 atom stereocenters. The van der Waals surface area contributed by atoms with Gasteiger partial charge in [0.05, 0.1) is 47.1 Å². The quantitative estimate of drug-likeness (QED) is 0.315. The van der Waals surface area contributed by atoms with Crippen LogP contribution in [0.5, 0.6) is 0 Å². The zero-order chi connectivity index (χ0) is 26.0. The van der Waals surface area contributed by atoms with Crippen LogP contribution < -0.4 is 5.32 Å². The number of nitrogens with one attached hydrogen (secondary N) is 1. The standard InChI is InChI=1S/C24H17F4N5O3/c1-33-8-6-21(32-33)15-9-16(19(25)10-18(15)24(26,27)28)22(34)31-13-3-4-20(30-11-13)14-5-7-29-12-17(14)23(35)36-2/h3-12H,1-2H3,(H,31,34). The molecule has 3 heterocycles. The molecule has 4 rings (SSSR count). The maximum Gasteiger partial charge on any atom is 0.417 e. The predicted molar refractivity (Wildman–Crippen MR) is 120 cm³/mol. The SMILES string of the molecule is COC(=O)c1cnccc1-c1ccc(NC(=O)c2cc(-c3ccn(C)n3)c(C(F)(F)F)cc2F)cn1. The maximum absolute atomic E-state index is 14.6. The molecule has 0 radical (unpaired) electrons. The third-order valence-electron chi connectivity index (χ3n) is 5.17. The van der Waals surface area contributed by atoms with Crippen LogP contribution in [0, 0.1) is 5.82 Å². The van der Waals surface area contributed by atoms with Crippen LogP contribution in [0.1, 0.15) is 26.3 Å². The Morgan fingerprint density at radius 1 is 1.00 bits per heavy atom. The molecule has 0 saturated heterocycles. The third-order valence-corrected chi connectivity index (χ3v) is 5.17. The fourth-order valence-corrected chi connectivity index (χ4v) is 3.47.